The standard InChI is InChI=1S/C11H29N3O3Si/c1-11(18(15-2,16-3)17-4)5-7-13-9-10-14-8-6-12/h11,13-14H,5-10,12H2,1-4H3. The monoisotopic (exact) mass is 279 g/mol. The molecule has 0 saturated heterocycles. The fourth-order valence-corrected chi connectivity index (χ4v) is 4.08. The molecule has 4 N–H and O–H groups in total. The fraction of sp³-hybridized carbons (Fsp3) is 1.00. The Kier molecular flexibility index (Phi) is 10.8. The van der Waals surface area contributed by atoms with Crippen molar-refractivity contribution in [2.45, 2.75) is 18.9 Å². The lowest BCUT2D eigenvalue weighted by Crippen LogP contribution is -2.47. The topological polar surface area (TPSA) is 77.8 Å². The fourth-order valence-electron chi connectivity index (χ4n) is 1.88. The summed E-state index contributed by atoms with van der Waals surface area (Å²) >= 11 is 0. The van der Waals surface area contributed by atoms with Crippen LogP contribution in [0.5, 0.6) is 0 Å². The molecule has 110 valence electrons. The van der Waals surface area contributed by atoms with E-state index in [1.807, 2.05) is 0 Å². The van der Waals surface area contributed by atoms with Crippen LogP contribution in [0.3, 0.4) is 0 Å². The molecule has 6 nitrogen and oxygen atoms in total. The second-order valence-corrected chi connectivity index (χ2v) is 7.61. The maximum Gasteiger partial charge on any atom is 0.503 e. The van der Waals surface area contributed by atoms with Crippen LogP contribution in [0.2, 0.25) is 5.54 Å². The van der Waals surface area contributed by atoms with Gasteiger partial charge in [0.05, 0.1) is 0 Å². The van der Waals surface area contributed by atoms with Gasteiger partial charge in [0.15, 0.2) is 0 Å². The van der Waals surface area contributed by atoms with E-state index in [-0.39, 0.29) is 5.54 Å². The number of nitrogens with two attached hydrogens (primary N) is 1. The summed E-state index contributed by atoms with van der Waals surface area (Å²) < 4.78 is 16.3. The van der Waals surface area contributed by atoms with Crippen LogP contribution in [-0.2, 0) is 13.3 Å². The third-order valence-corrected chi connectivity index (χ3v) is 6.21. The predicted octanol–water partition coefficient (Wildman–Crippen LogP) is -0.217. The second-order valence-electron chi connectivity index (χ2n) is 4.19. The molecule has 0 aromatic carbocycles. The van der Waals surface area contributed by atoms with Crippen LogP contribution < -0.4 is 16.4 Å². The van der Waals surface area contributed by atoms with Gasteiger partial charge < -0.3 is 29.6 Å². The summed E-state index contributed by atoms with van der Waals surface area (Å²) in [5.74, 6) is 0. The summed E-state index contributed by atoms with van der Waals surface area (Å²) in [5.41, 5.74) is 5.66. The van der Waals surface area contributed by atoms with Gasteiger partial charge in [0.1, 0.15) is 0 Å². The van der Waals surface area contributed by atoms with Gasteiger partial charge in [-0.15, -0.1) is 0 Å². The first-order chi connectivity index (χ1) is 8.66. The highest BCUT2D eigenvalue weighted by Crippen LogP contribution is 2.26. The lowest BCUT2D eigenvalue weighted by molar-refractivity contribution is 0.112. The van der Waals surface area contributed by atoms with Crippen molar-refractivity contribution in [3.05, 3.63) is 0 Å². The molecule has 0 bridgehead atoms. The summed E-state index contributed by atoms with van der Waals surface area (Å²) in [5, 5.41) is 6.61. The zero-order chi connectivity index (χ0) is 13.9. The molecule has 0 rings (SSSR count). The summed E-state index contributed by atoms with van der Waals surface area (Å²) in [6.07, 6.45) is 0.971. The third kappa shape index (κ3) is 6.23. The van der Waals surface area contributed by atoms with Crippen molar-refractivity contribution < 1.29 is 13.3 Å². The van der Waals surface area contributed by atoms with Gasteiger partial charge in [-0.1, -0.05) is 6.92 Å². The lowest BCUT2D eigenvalue weighted by Gasteiger charge is -2.30. The van der Waals surface area contributed by atoms with Gasteiger partial charge in [-0.05, 0) is 13.0 Å². The molecule has 0 spiro atoms. The van der Waals surface area contributed by atoms with Crippen molar-refractivity contribution in [3.8, 4) is 0 Å². The van der Waals surface area contributed by atoms with Crippen molar-refractivity contribution >= 4 is 8.80 Å². The molecule has 0 aliphatic heterocycles. The Bertz CT molecular complexity index is 186. The van der Waals surface area contributed by atoms with Crippen molar-refractivity contribution in [3.63, 3.8) is 0 Å². The number of hydrogen-bond acceptors (Lipinski definition) is 6. The molecular weight excluding hydrogens is 250 g/mol. The minimum atomic E-state index is -2.47. The first kappa shape index (κ1) is 18.0. The molecule has 1 atom stereocenters. The van der Waals surface area contributed by atoms with E-state index >= 15 is 0 Å². The van der Waals surface area contributed by atoms with Crippen LogP contribution in [0.4, 0.5) is 0 Å². The molecule has 7 heteroatoms. The van der Waals surface area contributed by atoms with E-state index in [0.717, 1.165) is 32.6 Å². The number of rotatable bonds is 12. The Morgan fingerprint density at radius 1 is 0.944 bits per heavy atom. The van der Waals surface area contributed by atoms with Crippen molar-refractivity contribution in [2.75, 3.05) is 54.1 Å². The zero-order valence-corrected chi connectivity index (χ0v) is 13.1. The number of nitrogens with one attached hydrogen (secondary N) is 2. The molecule has 1 unspecified atom stereocenters. The maximum absolute atomic E-state index is 5.45. The molecular formula is C11H29N3O3Si. The molecule has 0 heterocycles. The SMILES string of the molecule is CO[Si](OC)(OC)C(C)CCNCCNCCN. The van der Waals surface area contributed by atoms with E-state index in [0.29, 0.717) is 6.54 Å². The van der Waals surface area contributed by atoms with Gasteiger partial charge in [0.2, 0.25) is 0 Å². The normalized spacial score (nSPS) is 13.8. The minimum Gasteiger partial charge on any atom is -0.377 e. The van der Waals surface area contributed by atoms with Crippen LogP contribution >= 0.6 is 0 Å². The van der Waals surface area contributed by atoms with E-state index in [2.05, 4.69) is 17.6 Å². The minimum absolute atomic E-state index is 0.280. The lowest BCUT2D eigenvalue weighted by atomic mass is 10.3. The van der Waals surface area contributed by atoms with E-state index in [4.69, 9.17) is 19.0 Å². The summed E-state index contributed by atoms with van der Waals surface area (Å²) in [7, 11) is 2.48. The van der Waals surface area contributed by atoms with Gasteiger partial charge in [-0.3, -0.25) is 0 Å². The molecule has 0 aliphatic rings. The van der Waals surface area contributed by atoms with Gasteiger partial charge in [-0.2, -0.15) is 0 Å². The highest BCUT2D eigenvalue weighted by atomic mass is 28.4. The number of hydrogen-bond donors (Lipinski definition) is 3. The average molecular weight is 279 g/mol. The van der Waals surface area contributed by atoms with Crippen LogP contribution in [0.1, 0.15) is 13.3 Å². The Morgan fingerprint density at radius 2 is 1.44 bits per heavy atom. The van der Waals surface area contributed by atoms with Gasteiger partial charge >= 0.3 is 8.80 Å². The van der Waals surface area contributed by atoms with Gasteiger partial charge in [0.25, 0.3) is 0 Å². The van der Waals surface area contributed by atoms with E-state index in [9.17, 15) is 0 Å². The Morgan fingerprint density at radius 3 is 1.89 bits per heavy atom. The first-order valence-electron chi connectivity index (χ1n) is 6.43. The highest BCUT2D eigenvalue weighted by molar-refractivity contribution is 6.62. The molecule has 0 radical (unpaired) electrons. The highest BCUT2D eigenvalue weighted by Gasteiger charge is 2.43. The molecule has 0 aromatic heterocycles. The van der Waals surface area contributed by atoms with E-state index < -0.39 is 8.80 Å². The van der Waals surface area contributed by atoms with Crippen molar-refractivity contribution in [2.24, 2.45) is 5.73 Å². The molecule has 0 amide bonds. The Labute approximate surface area is 112 Å². The quantitative estimate of drug-likeness (QED) is 0.339. The predicted molar refractivity (Wildman–Crippen MR) is 75.6 cm³/mol. The van der Waals surface area contributed by atoms with Gasteiger partial charge in [0, 0.05) is 53.0 Å². The largest absolute Gasteiger partial charge is 0.503 e. The van der Waals surface area contributed by atoms with Crippen molar-refractivity contribution in [1.29, 1.82) is 0 Å². The summed E-state index contributed by atoms with van der Waals surface area (Å²) in [6, 6.07) is 0. The van der Waals surface area contributed by atoms with Gasteiger partial charge in [-0.25, -0.2) is 0 Å². The van der Waals surface area contributed by atoms with Crippen LogP contribution in [0, 0.1) is 0 Å². The Hall–Kier alpha value is -0.0231. The molecule has 0 aliphatic carbocycles. The first-order valence-corrected chi connectivity index (χ1v) is 8.24. The molecule has 0 saturated carbocycles. The molecule has 0 aromatic rings. The molecule has 0 fully saturated rings. The summed E-state index contributed by atoms with van der Waals surface area (Å²) in [6.45, 7) is 6.46. The van der Waals surface area contributed by atoms with E-state index in [1.165, 1.54) is 0 Å². The Balaban J connectivity index is 3.71. The molecule has 18 heavy (non-hydrogen) atoms. The third-order valence-electron chi connectivity index (χ3n) is 3.01. The average Bonchev–Trinajstić information content (AvgIpc) is 2.40. The smallest absolute Gasteiger partial charge is 0.377 e. The van der Waals surface area contributed by atoms with Crippen molar-refractivity contribution in [1.82, 2.24) is 10.6 Å². The van der Waals surface area contributed by atoms with Crippen LogP contribution in [-0.4, -0.2) is 62.9 Å². The maximum atomic E-state index is 5.45. The second kappa shape index (κ2) is 10.9. The zero-order valence-electron chi connectivity index (χ0n) is 12.1. The van der Waals surface area contributed by atoms with E-state index in [1.54, 1.807) is 21.3 Å². The van der Waals surface area contributed by atoms with Crippen LogP contribution in [0.15, 0.2) is 0 Å². The summed E-state index contributed by atoms with van der Waals surface area (Å²) in [4.78, 5) is 0. The van der Waals surface area contributed by atoms with Crippen LogP contribution in [0.25, 0.3) is 0 Å².